The number of carboxylic acid groups (broad SMARTS) is 1. The number of hydrogen-bond donors (Lipinski definition) is 1. The van der Waals surface area contributed by atoms with Crippen LogP contribution in [0, 0.1) is 24.7 Å². The minimum atomic E-state index is -1.14. The highest BCUT2D eigenvalue weighted by Gasteiger charge is 2.44. The van der Waals surface area contributed by atoms with Gasteiger partial charge in [-0.2, -0.15) is 0 Å². The average Bonchev–Trinajstić information content (AvgIpc) is 3.57. The molecule has 1 aromatic heterocycles. The molecular weight excluding hydrogens is 497 g/mol. The third-order valence-electron chi connectivity index (χ3n) is 8.94. The molecule has 0 bridgehead atoms. The molecule has 2 fully saturated rings. The number of furan rings is 1. The number of carbonyl (C=O) groups excluding carboxylic acids is 2. The summed E-state index contributed by atoms with van der Waals surface area (Å²) in [5.41, 5.74) is 3.42. The lowest BCUT2D eigenvalue weighted by molar-refractivity contribution is -0.142. The Morgan fingerprint density at radius 2 is 1.79 bits per heavy atom. The number of hydrogen-bond acceptors (Lipinski definition) is 4. The Morgan fingerprint density at radius 3 is 2.49 bits per heavy atom. The molecule has 7 heteroatoms. The van der Waals surface area contributed by atoms with Gasteiger partial charge in [0.05, 0.1) is 12.7 Å². The van der Waals surface area contributed by atoms with Crippen molar-refractivity contribution in [3.63, 3.8) is 0 Å². The smallest absolute Gasteiger partial charge is 0.371 e. The molecule has 1 aliphatic carbocycles. The zero-order valence-electron chi connectivity index (χ0n) is 22.6. The van der Waals surface area contributed by atoms with Crippen LogP contribution in [-0.4, -0.2) is 46.9 Å². The van der Waals surface area contributed by atoms with Crippen molar-refractivity contribution >= 4 is 28.6 Å². The van der Waals surface area contributed by atoms with Crippen LogP contribution in [-0.2, 0) is 16.0 Å². The molecule has 206 valence electrons. The van der Waals surface area contributed by atoms with E-state index >= 15 is 0 Å². The second-order valence-corrected chi connectivity index (χ2v) is 11.4. The molecule has 3 aromatic rings. The van der Waals surface area contributed by atoms with Gasteiger partial charge in [0.25, 0.3) is 0 Å². The number of carboxylic acids is 1. The number of rotatable bonds is 8. The first-order valence-corrected chi connectivity index (χ1v) is 14.0. The van der Waals surface area contributed by atoms with E-state index in [0.29, 0.717) is 23.4 Å². The van der Waals surface area contributed by atoms with E-state index in [-0.39, 0.29) is 48.3 Å². The van der Waals surface area contributed by atoms with Gasteiger partial charge in [-0.3, -0.25) is 14.0 Å². The van der Waals surface area contributed by atoms with Crippen LogP contribution in [0.5, 0.6) is 0 Å². The van der Waals surface area contributed by atoms with E-state index < -0.39 is 12.0 Å². The molecule has 2 aromatic carbocycles. The van der Waals surface area contributed by atoms with Crippen LogP contribution in [0.1, 0.15) is 72.2 Å². The molecule has 1 amide bonds. The minimum absolute atomic E-state index is 0.0184. The standard InChI is InChI=1S/C32H36FNO5/c1-19-5-3-4-6-25(19)26-13-14-34(31(36)23-10-8-22(9-11-23)20(2)18-33)30(26)27(35)16-21-7-12-28-24(15-21)17-29(39-28)32(37)38/h3-7,12,15,17,20,22-23,26,30H,8-11,13-14,16,18H2,1-2H3,(H,37,38)/t20-,22?,23?,26+,30+/m1/s1. The summed E-state index contributed by atoms with van der Waals surface area (Å²) in [7, 11) is 0. The van der Waals surface area contributed by atoms with E-state index in [1.54, 1.807) is 18.2 Å². The van der Waals surface area contributed by atoms with Gasteiger partial charge in [-0.1, -0.05) is 37.3 Å². The number of halogens is 1. The van der Waals surface area contributed by atoms with E-state index in [1.807, 2.05) is 36.9 Å². The normalized spacial score (nSPS) is 24.1. The Balaban J connectivity index is 1.39. The number of likely N-dealkylation sites (tertiary alicyclic amines) is 1. The van der Waals surface area contributed by atoms with Gasteiger partial charge in [0.15, 0.2) is 5.78 Å². The largest absolute Gasteiger partial charge is 0.475 e. The van der Waals surface area contributed by atoms with Crippen LogP contribution in [0.2, 0.25) is 0 Å². The average molecular weight is 534 g/mol. The number of ketones is 1. The van der Waals surface area contributed by atoms with E-state index in [9.17, 15) is 23.9 Å². The summed E-state index contributed by atoms with van der Waals surface area (Å²) in [5.74, 6) is -1.13. The molecule has 2 heterocycles. The van der Waals surface area contributed by atoms with Gasteiger partial charge >= 0.3 is 5.97 Å². The maximum atomic E-state index is 14.0. The summed E-state index contributed by atoms with van der Waals surface area (Å²) in [6, 6.07) is 14.2. The molecule has 0 spiro atoms. The van der Waals surface area contributed by atoms with Crippen LogP contribution in [0.15, 0.2) is 52.9 Å². The number of aryl methyl sites for hydroxylation is 1. The molecule has 2 aliphatic rings. The Kier molecular flexibility index (Phi) is 7.87. The van der Waals surface area contributed by atoms with Gasteiger partial charge in [0.1, 0.15) is 5.58 Å². The number of alkyl halides is 1. The van der Waals surface area contributed by atoms with Crippen molar-refractivity contribution in [3.05, 3.63) is 71.0 Å². The highest BCUT2D eigenvalue weighted by Crippen LogP contribution is 2.40. The third-order valence-corrected chi connectivity index (χ3v) is 8.94. The van der Waals surface area contributed by atoms with Crippen LogP contribution in [0.3, 0.4) is 0 Å². The SMILES string of the molecule is Cc1ccccc1[C@@H]1CCN(C(=O)C2CCC([C@H](C)CF)CC2)[C@@H]1C(=O)Cc1ccc2oc(C(=O)O)cc2c1. The molecule has 0 unspecified atom stereocenters. The molecular formula is C32H36FNO5. The fourth-order valence-electron chi connectivity index (χ4n) is 6.68. The lowest BCUT2D eigenvalue weighted by Gasteiger charge is -2.35. The molecule has 0 radical (unpaired) electrons. The summed E-state index contributed by atoms with van der Waals surface area (Å²) >= 11 is 0. The first kappa shape index (κ1) is 27.1. The fraction of sp³-hybridized carbons (Fsp3) is 0.469. The number of aromatic carboxylic acids is 1. The van der Waals surface area contributed by atoms with E-state index in [2.05, 4.69) is 6.07 Å². The molecule has 3 atom stereocenters. The van der Waals surface area contributed by atoms with Crippen molar-refractivity contribution in [3.8, 4) is 0 Å². The number of amides is 1. The third kappa shape index (κ3) is 5.49. The number of fused-ring (bicyclic) bond motifs is 1. The van der Waals surface area contributed by atoms with Crippen molar-refractivity contribution in [1.82, 2.24) is 4.90 Å². The lowest BCUT2D eigenvalue weighted by Crippen LogP contribution is -2.46. The van der Waals surface area contributed by atoms with Crippen molar-refractivity contribution in [1.29, 1.82) is 0 Å². The molecule has 1 saturated heterocycles. The van der Waals surface area contributed by atoms with E-state index in [0.717, 1.165) is 48.8 Å². The Labute approximate surface area is 228 Å². The topological polar surface area (TPSA) is 87.8 Å². The first-order chi connectivity index (χ1) is 18.8. The Morgan fingerprint density at radius 1 is 1.05 bits per heavy atom. The first-order valence-electron chi connectivity index (χ1n) is 14.0. The lowest BCUT2D eigenvalue weighted by atomic mass is 9.76. The van der Waals surface area contributed by atoms with Gasteiger partial charge in [0.2, 0.25) is 11.7 Å². The zero-order valence-corrected chi connectivity index (χ0v) is 22.6. The van der Waals surface area contributed by atoms with Crippen molar-refractivity contribution < 1.29 is 28.3 Å². The molecule has 6 nitrogen and oxygen atoms in total. The van der Waals surface area contributed by atoms with Crippen molar-refractivity contribution in [2.75, 3.05) is 13.2 Å². The molecule has 1 aliphatic heterocycles. The summed E-state index contributed by atoms with van der Waals surface area (Å²) in [5, 5.41) is 9.88. The number of Topliss-reactive ketones (excluding diaryl/α,β-unsaturated/α-hetero) is 1. The van der Waals surface area contributed by atoms with E-state index in [1.165, 1.54) is 6.07 Å². The summed E-state index contributed by atoms with van der Waals surface area (Å²) in [6.45, 7) is 4.20. The van der Waals surface area contributed by atoms with Crippen LogP contribution < -0.4 is 0 Å². The predicted molar refractivity (Wildman–Crippen MR) is 147 cm³/mol. The predicted octanol–water partition coefficient (Wildman–Crippen LogP) is 6.35. The van der Waals surface area contributed by atoms with Crippen LogP contribution >= 0.6 is 0 Å². The number of carbonyl (C=O) groups is 3. The highest BCUT2D eigenvalue weighted by molar-refractivity contribution is 5.94. The molecule has 1 N–H and O–H groups in total. The summed E-state index contributed by atoms with van der Waals surface area (Å²) in [6.07, 6.45) is 4.04. The monoisotopic (exact) mass is 533 g/mol. The van der Waals surface area contributed by atoms with Gasteiger partial charge in [-0.05, 0) is 85.8 Å². The molecule has 1 saturated carbocycles. The Hall–Kier alpha value is -3.48. The molecule has 39 heavy (non-hydrogen) atoms. The van der Waals surface area contributed by atoms with Gasteiger partial charge < -0.3 is 14.4 Å². The Bertz CT molecular complexity index is 1370. The maximum Gasteiger partial charge on any atom is 0.371 e. The van der Waals surface area contributed by atoms with Crippen molar-refractivity contribution in [2.45, 2.75) is 64.3 Å². The highest BCUT2D eigenvalue weighted by atomic mass is 19.1. The second-order valence-electron chi connectivity index (χ2n) is 11.4. The summed E-state index contributed by atoms with van der Waals surface area (Å²) in [4.78, 5) is 41.0. The number of benzene rings is 2. The second kappa shape index (κ2) is 11.3. The zero-order chi connectivity index (χ0) is 27.7. The quantitative estimate of drug-likeness (QED) is 0.365. The van der Waals surface area contributed by atoms with Crippen molar-refractivity contribution in [2.24, 2.45) is 17.8 Å². The minimum Gasteiger partial charge on any atom is -0.475 e. The van der Waals surface area contributed by atoms with Gasteiger partial charge in [-0.15, -0.1) is 0 Å². The van der Waals surface area contributed by atoms with Gasteiger partial charge in [-0.25, -0.2) is 4.79 Å². The molecule has 5 rings (SSSR count). The summed E-state index contributed by atoms with van der Waals surface area (Å²) < 4.78 is 18.6. The maximum absolute atomic E-state index is 14.0. The van der Waals surface area contributed by atoms with Gasteiger partial charge in [0, 0.05) is 30.2 Å². The van der Waals surface area contributed by atoms with Crippen LogP contribution in [0.25, 0.3) is 11.0 Å². The van der Waals surface area contributed by atoms with Crippen LogP contribution in [0.4, 0.5) is 4.39 Å². The fourth-order valence-corrected chi connectivity index (χ4v) is 6.68. The van der Waals surface area contributed by atoms with E-state index in [4.69, 9.17) is 4.42 Å². The number of nitrogens with zero attached hydrogens (tertiary/aromatic N) is 1.